The molecule has 2 rings (SSSR count). The van der Waals surface area contributed by atoms with Gasteiger partial charge in [-0.1, -0.05) is 25.9 Å². The van der Waals surface area contributed by atoms with Gasteiger partial charge in [0.05, 0.1) is 6.10 Å². The van der Waals surface area contributed by atoms with Crippen LogP contribution in [0, 0.1) is 0 Å². The van der Waals surface area contributed by atoms with Gasteiger partial charge in [0.1, 0.15) is 6.54 Å². The molecule has 2 N–H and O–H groups in total. The number of hydrogen-bond acceptors (Lipinski definition) is 5. The molecule has 0 radical (unpaired) electrons. The van der Waals surface area contributed by atoms with Gasteiger partial charge in [-0.2, -0.15) is 4.98 Å². The van der Waals surface area contributed by atoms with Crippen molar-refractivity contribution in [3.63, 3.8) is 0 Å². The van der Waals surface area contributed by atoms with E-state index in [9.17, 15) is 5.11 Å². The quantitative estimate of drug-likeness (QED) is 0.636. The molecule has 0 unspecified atom stereocenters. The Morgan fingerprint density at radius 2 is 2.29 bits per heavy atom. The molecule has 7 heteroatoms. The fourth-order valence-electron chi connectivity index (χ4n) is 2.13. The van der Waals surface area contributed by atoms with Crippen LogP contribution in [-0.2, 0) is 12.0 Å². The van der Waals surface area contributed by atoms with E-state index in [-0.39, 0.29) is 11.5 Å². The van der Waals surface area contributed by atoms with Gasteiger partial charge in [-0.3, -0.25) is 0 Å². The Kier molecular flexibility index (Phi) is 4.82. The summed E-state index contributed by atoms with van der Waals surface area (Å²) in [4.78, 5) is 11.0. The average molecular weight is 295 g/mol. The number of rotatable bonds is 3. The van der Waals surface area contributed by atoms with Gasteiger partial charge in [-0.25, -0.2) is 4.99 Å². The molecular weight excluding hydrogens is 270 g/mol. The Morgan fingerprint density at radius 1 is 1.52 bits per heavy atom. The Labute approximate surface area is 125 Å². The summed E-state index contributed by atoms with van der Waals surface area (Å²) in [6.07, 6.45) is 0.507. The Bertz CT molecular complexity index is 492. The number of aromatic nitrogens is 2. The van der Waals surface area contributed by atoms with E-state index in [1.54, 1.807) is 0 Å². The minimum atomic E-state index is -0.272. The Morgan fingerprint density at radius 3 is 2.81 bits per heavy atom. The molecule has 0 saturated carbocycles. The van der Waals surface area contributed by atoms with Crippen LogP contribution in [0.5, 0.6) is 0 Å². The monoisotopic (exact) mass is 295 g/mol. The zero-order valence-electron chi connectivity index (χ0n) is 13.3. The van der Waals surface area contributed by atoms with Crippen molar-refractivity contribution in [2.24, 2.45) is 4.99 Å². The van der Waals surface area contributed by atoms with E-state index in [2.05, 4.69) is 25.3 Å². The summed E-state index contributed by atoms with van der Waals surface area (Å²) < 4.78 is 5.26. The van der Waals surface area contributed by atoms with Crippen molar-refractivity contribution in [3.05, 3.63) is 11.7 Å². The molecule has 1 saturated heterocycles. The highest BCUT2D eigenvalue weighted by molar-refractivity contribution is 5.80. The first-order chi connectivity index (χ1) is 9.90. The van der Waals surface area contributed by atoms with Crippen LogP contribution in [0.4, 0.5) is 0 Å². The first-order valence-electron chi connectivity index (χ1n) is 7.44. The summed E-state index contributed by atoms with van der Waals surface area (Å²) in [5.74, 6) is 1.99. The molecule has 1 aromatic rings. The van der Waals surface area contributed by atoms with Crippen LogP contribution < -0.4 is 5.32 Å². The van der Waals surface area contributed by atoms with Gasteiger partial charge >= 0.3 is 0 Å². The molecule has 1 fully saturated rings. The first kappa shape index (κ1) is 15.8. The molecular formula is C14H25N5O2. The summed E-state index contributed by atoms with van der Waals surface area (Å²) in [5, 5.41) is 16.8. The summed E-state index contributed by atoms with van der Waals surface area (Å²) >= 11 is 0. The van der Waals surface area contributed by atoms with E-state index in [0.29, 0.717) is 24.8 Å². The van der Waals surface area contributed by atoms with Crippen molar-refractivity contribution in [2.45, 2.75) is 52.2 Å². The molecule has 0 spiro atoms. The van der Waals surface area contributed by atoms with Gasteiger partial charge in [-0.15, -0.1) is 0 Å². The summed E-state index contributed by atoms with van der Waals surface area (Å²) in [7, 11) is 0. The van der Waals surface area contributed by atoms with Crippen LogP contribution in [0.25, 0.3) is 0 Å². The third kappa shape index (κ3) is 4.17. The molecule has 2 heterocycles. The smallest absolute Gasteiger partial charge is 0.232 e. The first-order valence-corrected chi connectivity index (χ1v) is 7.44. The second kappa shape index (κ2) is 6.43. The number of aliphatic hydroxyl groups excluding tert-OH is 1. The molecule has 0 aromatic carbocycles. The number of hydrogen-bond donors (Lipinski definition) is 2. The van der Waals surface area contributed by atoms with E-state index in [1.807, 2.05) is 27.7 Å². The normalized spacial score (nSPS) is 20.1. The second-order valence-corrected chi connectivity index (χ2v) is 6.32. The molecule has 1 aromatic heterocycles. The second-order valence-electron chi connectivity index (χ2n) is 6.32. The number of guanidine groups is 1. The van der Waals surface area contributed by atoms with Gasteiger partial charge in [-0.05, 0) is 13.3 Å². The predicted octanol–water partition coefficient (Wildman–Crippen LogP) is 0.899. The Hall–Kier alpha value is -1.63. The third-order valence-corrected chi connectivity index (χ3v) is 3.28. The largest absolute Gasteiger partial charge is 0.391 e. The van der Waals surface area contributed by atoms with E-state index in [1.165, 1.54) is 0 Å². The SMILES string of the molecule is CCNC(=NCc1noc(C(C)(C)C)n1)N1CC[C@@H](O)C1. The van der Waals surface area contributed by atoms with Crippen molar-refractivity contribution >= 4 is 5.96 Å². The maximum Gasteiger partial charge on any atom is 0.232 e. The summed E-state index contributed by atoms with van der Waals surface area (Å²) in [6, 6.07) is 0. The number of β-amino-alcohol motifs (C(OH)–C–C–N with tert-alkyl or cyclic N) is 1. The Balaban J connectivity index is 2.04. The summed E-state index contributed by atoms with van der Waals surface area (Å²) in [5.41, 5.74) is -0.154. The number of aliphatic imine (C=N–C) groups is 1. The predicted molar refractivity (Wildman–Crippen MR) is 80.0 cm³/mol. The van der Waals surface area contributed by atoms with Crippen LogP contribution in [0.15, 0.2) is 9.52 Å². The molecule has 1 aliphatic rings. The highest BCUT2D eigenvalue weighted by Crippen LogP contribution is 2.19. The third-order valence-electron chi connectivity index (χ3n) is 3.28. The zero-order valence-corrected chi connectivity index (χ0v) is 13.3. The average Bonchev–Trinajstić information content (AvgIpc) is 3.02. The van der Waals surface area contributed by atoms with Gasteiger partial charge in [0.25, 0.3) is 0 Å². The van der Waals surface area contributed by atoms with E-state index in [0.717, 1.165) is 25.5 Å². The zero-order chi connectivity index (χ0) is 15.5. The molecule has 0 bridgehead atoms. The van der Waals surface area contributed by atoms with Crippen LogP contribution in [0.3, 0.4) is 0 Å². The minimum absolute atomic E-state index is 0.154. The molecule has 1 atom stereocenters. The maximum atomic E-state index is 9.63. The maximum absolute atomic E-state index is 9.63. The van der Waals surface area contributed by atoms with E-state index >= 15 is 0 Å². The fourth-order valence-corrected chi connectivity index (χ4v) is 2.13. The number of nitrogens with one attached hydrogen (secondary N) is 1. The van der Waals surface area contributed by atoms with Crippen LogP contribution in [0.2, 0.25) is 0 Å². The molecule has 7 nitrogen and oxygen atoms in total. The van der Waals surface area contributed by atoms with Crippen LogP contribution in [0.1, 0.15) is 45.8 Å². The van der Waals surface area contributed by atoms with Crippen molar-refractivity contribution < 1.29 is 9.63 Å². The van der Waals surface area contributed by atoms with Crippen molar-refractivity contribution in [1.82, 2.24) is 20.4 Å². The fraction of sp³-hybridized carbons (Fsp3) is 0.786. The van der Waals surface area contributed by atoms with Crippen LogP contribution in [-0.4, -0.2) is 51.8 Å². The number of aliphatic hydroxyl groups is 1. The molecule has 1 aliphatic heterocycles. The lowest BCUT2D eigenvalue weighted by molar-refractivity contribution is 0.188. The molecule has 0 aliphatic carbocycles. The van der Waals surface area contributed by atoms with Gasteiger partial charge in [0.15, 0.2) is 11.8 Å². The number of likely N-dealkylation sites (tertiary alicyclic amines) is 1. The minimum Gasteiger partial charge on any atom is -0.391 e. The van der Waals surface area contributed by atoms with Crippen molar-refractivity contribution in [1.29, 1.82) is 0 Å². The van der Waals surface area contributed by atoms with Crippen molar-refractivity contribution in [3.8, 4) is 0 Å². The lowest BCUT2D eigenvalue weighted by Crippen LogP contribution is -2.40. The topological polar surface area (TPSA) is 86.8 Å². The van der Waals surface area contributed by atoms with E-state index < -0.39 is 0 Å². The number of nitrogens with zero attached hydrogens (tertiary/aromatic N) is 4. The highest BCUT2D eigenvalue weighted by atomic mass is 16.5. The van der Waals surface area contributed by atoms with Crippen molar-refractivity contribution in [2.75, 3.05) is 19.6 Å². The van der Waals surface area contributed by atoms with Crippen LogP contribution >= 0.6 is 0 Å². The molecule has 0 amide bonds. The van der Waals surface area contributed by atoms with Gasteiger partial charge in [0, 0.05) is 25.0 Å². The molecule has 118 valence electrons. The lowest BCUT2D eigenvalue weighted by atomic mass is 9.97. The summed E-state index contributed by atoms with van der Waals surface area (Å²) in [6.45, 7) is 10.7. The van der Waals surface area contributed by atoms with Gasteiger partial charge in [0.2, 0.25) is 5.89 Å². The molecule has 21 heavy (non-hydrogen) atoms. The van der Waals surface area contributed by atoms with Gasteiger partial charge < -0.3 is 19.8 Å². The highest BCUT2D eigenvalue weighted by Gasteiger charge is 2.24. The van der Waals surface area contributed by atoms with E-state index in [4.69, 9.17) is 4.52 Å². The standard InChI is InChI=1S/C14H25N5O2/c1-5-15-13(19-7-6-10(20)9-19)16-8-11-17-12(21-18-11)14(2,3)4/h10,20H,5-9H2,1-4H3,(H,15,16)/t10-/m1/s1. The lowest BCUT2D eigenvalue weighted by Gasteiger charge is -2.20.